The van der Waals surface area contributed by atoms with E-state index in [9.17, 15) is 4.39 Å². The van der Waals surface area contributed by atoms with Gasteiger partial charge >= 0.3 is 0 Å². The molecule has 3 rings (SSSR count). The zero-order chi connectivity index (χ0) is 15.1. The Hall–Kier alpha value is -1.88. The lowest BCUT2D eigenvalue weighted by atomic mass is 10.2. The standard InChI is InChI=1S/C16H15BrFN3/c1-9(2)21-15-6-4-11(18)8-14(15)20-16(21)10-3-5-12(17)13(19)7-10/h3-9H,19H2,1-2H3. The molecule has 0 amide bonds. The molecule has 3 nitrogen and oxygen atoms in total. The number of nitrogens with zero attached hydrogens (tertiary/aromatic N) is 2. The summed E-state index contributed by atoms with van der Waals surface area (Å²) < 4.78 is 16.4. The van der Waals surface area contributed by atoms with Crippen LogP contribution in [0.5, 0.6) is 0 Å². The van der Waals surface area contributed by atoms with Crippen LogP contribution in [0, 0.1) is 5.82 Å². The van der Waals surface area contributed by atoms with Crippen molar-refractivity contribution < 1.29 is 4.39 Å². The van der Waals surface area contributed by atoms with Gasteiger partial charge in [0.2, 0.25) is 0 Å². The van der Waals surface area contributed by atoms with Gasteiger partial charge in [0.1, 0.15) is 11.6 Å². The van der Waals surface area contributed by atoms with Crippen molar-refractivity contribution >= 4 is 32.7 Å². The lowest BCUT2D eigenvalue weighted by molar-refractivity contribution is 0.620. The third-order valence-electron chi connectivity index (χ3n) is 3.42. The summed E-state index contributed by atoms with van der Waals surface area (Å²) in [4.78, 5) is 4.59. The van der Waals surface area contributed by atoms with Crippen LogP contribution >= 0.6 is 15.9 Å². The molecule has 3 aromatic rings. The lowest BCUT2D eigenvalue weighted by Crippen LogP contribution is -2.03. The highest BCUT2D eigenvalue weighted by atomic mass is 79.9. The van der Waals surface area contributed by atoms with Crippen LogP contribution in [0.1, 0.15) is 19.9 Å². The second kappa shape index (κ2) is 5.15. The monoisotopic (exact) mass is 347 g/mol. The number of nitrogens with two attached hydrogens (primary N) is 1. The molecule has 2 aromatic carbocycles. The van der Waals surface area contributed by atoms with Gasteiger partial charge in [-0.2, -0.15) is 0 Å². The average Bonchev–Trinajstić information content (AvgIpc) is 2.80. The van der Waals surface area contributed by atoms with Crippen molar-refractivity contribution in [2.75, 3.05) is 5.73 Å². The smallest absolute Gasteiger partial charge is 0.141 e. The Morgan fingerprint density at radius 3 is 2.62 bits per heavy atom. The van der Waals surface area contributed by atoms with E-state index in [-0.39, 0.29) is 11.9 Å². The molecule has 0 atom stereocenters. The van der Waals surface area contributed by atoms with E-state index in [1.54, 1.807) is 6.07 Å². The summed E-state index contributed by atoms with van der Waals surface area (Å²) in [6.07, 6.45) is 0. The second-order valence-corrected chi connectivity index (χ2v) is 6.12. The Bertz CT molecular complexity index is 824. The van der Waals surface area contributed by atoms with Crippen molar-refractivity contribution in [1.82, 2.24) is 9.55 Å². The maximum absolute atomic E-state index is 13.4. The van der Waals surface area contributed by atoms with Gasteiger partial charge in [0, 0.05) is 27.8 Å². The van der Waals surface area contributed by atoms with Crippen molar-refractivity contribution in [3.8, 4) is 11.4 Å². The van der Waals surface area contributed by atoms with Crippen LogP contribution in [-0.2, 0) is 0 Å². The van der Waals surface area contributed by atoms with Crippen molar-refractivity contribution in [2.24, 2.45) is 0 Å². The first-order valence-corrected chi connectivity index (χ1v) is 7.49. The van der Waals surface area contributed by atoms with Gasteiger partial charge in [-0.3, -0.25) is 0 Å². The molecule has 2 N–H and O–H groups in total. The normalized spacial score (nSPS) is 11.5. The van der Waals surface area contributed by atoms with Crippen LogP contribution in [0.3, 0.4) is 0 Å². The van der Waals surface area contributed by atoms with Crippen LogP contribution in [0.2, 0.25) is 0 Å². The largest absolute Gasteiger partial charge is 0.398 e. The third-order valence-corrected chi connectivity index (χ3v) is 4.14. The van der Waals surface area contributed by atoms with E-state index in [1.807, 2.05) is 18.2 Å². The van der Waals surface area contributed by atoms with Gasteiger partial charge in [0.25, 0.3) is 0 Å². The van der Waals surface area contributed by atoms with E-state index in [4.69, 9.17) is 5.73 Å². The first kappa shape index (κ1) is 14.1. The third kappa shape index (κ3) is 2.42. The number of fused-ring (bicyclic) bond motifs is 1. The number of hydrogen-bond donors (Lipinski definition) is 1. The number of halogens is 2. The van der Waals surface area contributed by atoms with E-state index in [2.05, 4.69) is 39.3 Å². The van der Waals surface area contributed by atoms with Gasteiger partial charge in [0.05, 0.1) is 11.0 Å². The van der Waals surface area contributed by atoms with E-state index in [1.165, 1.54) is 12.1 Å². The van der Waals surface area contributed by atoms with Crippen LogP contribution in [-0.4, -0.2) is 9.55 Å². The zero-order valence-electron chi connectivity index (χ0n) is 11.8. The molecule has 1 heterocycles. The predicted molar refractivity (Wildman–Crippen MR) is 87.6 cm³/mol. The molecule has 108 valence electrons. The lowest BCUT2D eigenvalue weighted by Gasteiger charge is -2.13. The molecule has 21 heavy (non-hydrogen) atoms. The van der Waals surface area contributed by atoms with E-state index in [0.29, 0.717) is 11.2 Å². The van der Waals surface area contributed by atoms with Crippen LogP contribution < -0.4 is 5.73 Å². The van der Waals surface area contributed by atoms with E-state index < -0.39 is 0 Å². The number of anilines is 1. The van der Waals surface area contributed by atoms with Crippen molar-refractivity contribution in [1.29, 1.82) is 0 Å². The van der Waals surface area contributed by atoms with Crippen molar-refractivity contribution in [3.63, 3.8) is 0 Å². The minimum Gasteiger partial charge on any atom is -0.398 e. The van der Waals surface area contributed by atoms with Crippen LogP contribution in [0.25, 0.3) is 22.4 Å². The van der Waals surface area contributed by atoms with Gasteiger partial charge in [-0.15, -0.1) is 0 Å². The SMILES string of the molecule is CC(C)n1c(-c2ccc(Br)c(N)c2)nc2cc(F)ccc21. The van der Waals surface area contributed by atoms with Gasteiger partial charge in [-0.25, -0.2) is 9.37 Å². The highest BCUT2D eigenvalue weighted by Gasteiger charge is 2.16. The minimum atomic E-state index is -0.280. The van der Waals surface area contributed by atoms with E-state index >= 15 is 0 Å². The van der Waals surface area contributed by atoms with Crippen molar-refractivity contribution in [2.45, 2.75) is 19.9 Å². The molecular formula is C16H15BrFN3. The van der Waals surface area contributed by atoms with Crippen LogP contribution in [0.4, 0.5) is 10.1 Å². The van der Waals surface area contributed by atoms with Gasteiger partial charge in [0.15, 0.2) is 0 Å². The number of imidazole rings is 1. The number of benzene rings is 2. The summed E-state index contributed by atoms with van der Waals surface area (Å²) in [7, 11) is 0. The molecule has 0 radical (unpaired) electrons. The van der Waals surface area contributed by atoms with Gasteiger partial charge < -0.3 is 10.3 Å². The fourth-order valence-electron chi connectivity index (χ4n) is 2.48. The number of hydrogen-bond acceptors (Lipinski definition) is 2. The molecule has 5 heteroatoms. The topological polar surface area (TPSA) is 43.8 Å². The molecule has 0 aliphatic heterocycles. The summed E-state index contributed by atoms with van der Waals surface area (Å²) in [5, 5.41) is 0. The Labute approximate surface area is 130 Å². The molecule has 0 bridgehead atoms. The fourth-order valence-corrected chi connectivity index (χ4v) is 2.73. The highest BCUT2D eigenvalue weighted by molar-refractivity contribution is 9.10. The molecule has 0 saturated carbocycles. The number of nitrogen functional groups attached to an aromatic ring is 1. The summed E-state index contributed by atoms with van der Waals surface area (Å²) in [5.74, 6) is 0.516. The Kier molecular flexibility index (Phi) is 3.45. The summed E-state index contributed by atoms with van der Waals surface area (Å²) in [5.41, 5.74) is 9.10. The number of rotatable bonds is 2. The zero-order valence-corrected chi connectivity index (χ0v) is 13.4. The molecule has 0 aliphatic rings. The first-order valence-electron chi connectivity index (χ1n) is 6.70. The molecule has 0 aliphatic carbocycles. The molecule has 0 unspecified atom stereocenters. The molecule has 0 saturated heterocycles. The first-order chi connectivity index (χ1) is 9.97. The van der Waals surface area contributed by atoms with Gasteiger partial charge in [-0.1, -0.05) is 0 Å². The fraction of sp³-hybridized carbons (Fsp3) is 0.188. The van der Waals surface area contributed by atoms with Gasteiger partial charge in [-0.05, 0) is 60.1 Å². The summed E-state index contributed by atoms with van der Waals surface area (Å²) >= 11 is 3.39. The van der Waals surface area contributed by atoms with Crippen LogP contribution in [0.15, 0.2) is 40.9 Å². The summed E-state index contributed by atoms with van der Waals surface area (Å²) in [6, 6.07) is 10.6. The molecular weight excluding hydrogens is 333 g/mol. The Morgan fingerprint density at radius 2 is 1.95 bits per heavy atom. The maximum atomic E-state index is 13.4. The van der Waals surface area contributed by atoms with E-state index in [0.717, 1.165) is 21.4 Å². The number of aromatic nitrogens is 2. The Balaban J connectivity index is 2.30. The Morgan fingerprint density at radius 1 is 1.19 bits per heavy atom. The molecule has 0 fully saturated rings. The quantitative estimate of drug-likeness (QED) is 0.678. The predicted octanol–water partition coefficient (Wildman–Crippen LogP) is 4.77. The molecule has 1 aromatic heterocycles. The average molecular weight is 348 g/mol. The highest BCUT2D eigenvalue weighted by Crippen LogP contribution is 2.31. The molecule has 0 spiro atoms. The maximum Gasteiger partial charge on any atom is 0.141 e. The second-order valence-electron chi connectivity index (χ2n) is 5.27. The van der Waals surface area contributed by atoms with Crippen molar-refractivity contribution in [3.05, 3.63) is 46.7 Å². The minimum absolute atomic E-state index is 0.209. The summed E-state index contributed by atoms with van der Waals surface area (Å²) in [6.45, 7) is 4.16.